The van der Waals surface area contributed by atoms with E-state index in [0.717, 1.165) is 89.1 Å². The van der Waals surface area contributed by atoms with E-state index in [2.05, 4.69) is 45.5 Å². The Morgan fingerprint density at radius 1 is 0.338 bits per heavy atom. The van der Waals surface area contributed by atoms with E-state index in [9.17, 15) is 34.2 Å². The van der Waals surface area contributed by atoms with Crippen LogP contribution < -0.4 is 0 Å². The zero-order valence-corrected chi connectivity index (χ0v) is 35.7. The standard InChI is InChI=1S/C59H31F3N6/c60-59(61,62)43-21-24-46(42(28-43)35-66)39-18-23-50(58(31-39)68-54-16-8-6-14-48(54)52-30-38(20-26-56(52)68)45-12-4-2-10-41(45)34-65)49-22-17-36(32-63)27-57(49)67-53-15-7-5-13-47(53)51-29-37(19-25-55(51)67)44-11-3-1-9-40(44)33-64/h1-31H. The number of halogens is 3. The van der Waals surface area contributed by atoms with Gasteiger partial charge in [-0.05, 0) is 112 Å². The first-order chi connectivity index (χ1) is 33.2. The number of nitriles is 4. The van der Waals surface area contributed by atoms with E-state index in [1.165, 1.54) is 6.07 Å². The van der Waals surface area contributed by atoms with Crippen molar-refractivity contribution in [3.63, 3.8) is 0 Å². The Morgan fingerprint density at radius 3 is 1.29 bits per heavy atom. The molecule has 0 atom stereocenters. The number of aromatic nitrogens is 2. The predicted octanol–water partition coefficient (Wildman–Crippen LogP) is 15.1. The van der Waals surface area contributed by atoms with Crippen LogP contribution in [0.1, 0.15) is 27.8 Å². The summed E-state index contributed by atoms with van der Waals surface area (Å²) in [5.74, 6) is 0. The van der Waals surface area contributed by atoms with Gasteiger partial charge in [-0.25, -0.2) is 0 Å². The Bertz CT molecular complexity index is 4090. The normalized spacial score (nSPS) is 11.4. The van der Waals surface area contributed by atoms with Crippen molar-refractivity contribution in [1.82, 2.24) is 9.13 Å². The Balaban J connectivity index is 1.22. The molecule has 68 heavy (non-hydrogen) atoms. The van der Waals surface area contributed by atoms with Crippen molar-refractivity contribution >= 4 is 43.6 Å². The summed E-state index contributed by atoms with van der Waals surface area (Å²) < 4.78 is 46.2. The number of alkyl halides is 3. The molecule has 0 aliphatic heterocycles. The highest BCUT2D eigenvalue weighted by Gasteiger charge is 2.31. The van der Waals surface area contributed by atoms with E-state index in [1.807, 2.05) is 140 Å². The highest BCUT2D eigenvalue weighted by atomic mass is 19.4. The smallest absolute Gasteiger partial charge is 0.309 e. The topological polar surface area (TPSA) is 105 Å². The summed E-state index contributed by atoms with van der Waals surface area (Å²) in [5, 5.41) is 44.5. The Kier molecular flexibility index (Phi) is 9.72. The molecule has 6 nitrogen and oxygen atoms in total. The van der Waals surface area contributed by atoms with Gasteiger partial charge in [-0.2, -0.15) is 34.2 Å². The third-order valence-corrected chi connectivity index (χ3v) is 12.7. The van der Waals surface area contributed by atoms with Crippen LogP contribution in [-0.2, 0) is 6.18 Å². The van der Waals surface area contributed by atoms with Crippen LogP contribution in [-0.4, -0.2) is 9.13 Å². The highest BCUT2D eigenvalue weighted by molar-refractivity contribution is 6.13. The molecule has 0 fully saturated rings. The Labute approximate surface area is 387 Å². The van der Waals surface area contributed by atoms with Crippen LogP contribution in [0.3, 0.4) is 0 Å². The molecule has 0 amide bonds. The summed E-state index contributed by atoms with van der Waals surface area (Å²) in [6, 6.07) is 66.6. The number of hydrogen-bond donors (Lipinski definition) is 0. The van der Waals surface area contributed by atoms with Gasteiger partial charge in [-0.3, -0.25) is 0 Å². The van der Waals surface area contributed by atoms with Crippen molar-refractivity contribution < 1.29 is 13.2 Å². The fourth-order valence-corrected chi connectivity index (χ4v) is 9.66. The predicted molar refractivity (Wildman–Crippen MR) is 261 cm³/mol. The third-order valence-electron chi connectivity index (χ3n) is 12.7. The van der Waals surface area contributed by atoms with Crippen molar-refractivity contribution in [3.8, 4) is 80.2 Å². The molecular formula is C59H31F3N6. The molecule has 0 aliphatic carbocycles. The quantitative estimate of drug-likeness (QED) is 0.166. The molecular weight excluding hydrogens is 850 g/mol. The van der Waals surface area contributed by atoms with Crippen molar-refractivity contribution in [1.29, 1.82) is 21.0 Å². The van der Waals surface area contributed by atoms with Crippen LogP contribution in [0, 0.1) is 45.3 Å². The summed E-state index contributed by atoms with van der Waals surface area (Å²) >= 11 is 0. The maximum Gasteiger partial charge on any atom is 0.416 e. The van der Waals surface area contributed by atoms with Gasteiger partial charge in [0, 0.05) is 32.7 Å². The first kappa shape index (κ1) is 41.1. The van der Waals surface area contributed by atoms with Crippen LogP contribution in [0.15, 0.2) is 188 Å². The number of hydrogen-bond acceptors (Lipinski definition) is 4. The van der Waals surface area contributed by atoms with Gasteiger partial charge in [0.05, 0.1) is 85.5 Å². The number of nitrogens with zero attached hydrogens (tertiary/aromatic N) is 6. The first-order valence-electron chi connectivity index (χ1n) is 21.6. The van der Waals surface area contributed by atoms with Crippen LogP contribution in [0.25, 0.3) is 99.5 Å². The Morgan fingerprint density at radius 2 is 0.765 bits per heavy atom. The maximum absolute atomic E-state index is 14.0. The van der Waals surface area contributed by atoms with E-state index >= 15 is 0 Å². The van der Waals surface area contributed by atoms with Gasteiger partial charge in [0.15, 0.2) is 0 Å². The minimum absolute atomic E-state index is 0.123. The molecule has 0 saturated heterocycles. The third kappa shape index (κ3) is 6.63. The second-order valence-corrected chi connectivity index (χ2v) is 16.4. The zero-order chi connectivity index (χ0) is 46.7. The molecule has 2 heterocycles. The van der Waals surface area contributed by atoms with Crippen molar-refractivity contribution in [2.24, 2.45) is 0 Å². The molecule has 11 rings (SSSR count). The van der Waals surface area contributed by atoms with Gasteiger partial charge in [-0.1, -0.05) is 109 Å². The lowest BCUT2D eigenvalue weighted by molar-refractivity contribution is -0.137. The molecule has 0 radical (unpaired) electrons. The van der Waals surface area contributed by atoms with Gasteiger partial charge in [0.1, 0.15) is 0 Å². The monoisotopic (exact) mass is 880 g/mol. The number of fused-ring (bicyclic) bond motifs is 6. The number of rotatable bonds is 6. The summed E-state index contributed by atoms with van der Waals surface area (Å²) in [7, 11) is 0. The Hall–Kier alpha value is -9.67. The summed E-state index contributed by atoms with van der Waals surface area (Å²) in [4.78, 5) is 0. The van der Waals surface area contributed by atoms with Gasteiger partial charge in [-0.15, -0.1) is 0 Å². The van der Waals surface area contributed by atoms with E-state index in [4.69, 9.17) is 0 Å². The average Bonchev–Trinajstić information content (AvgIpc) is 3.89. The van der Waals surface area contributed by atoms with Crippen LogP contribution in [0.5, 0.6) is 0 Å². The zero-order valence-electron chi connectivity index (χ0n) is 35.7. The minimum Gasteiger partial charge on any atom is -0.309 e. The molecule has 2 aromatic heterocycles. The lowest BCUT2D eigenvalue weighted by Crippen LogP contribution is -2.05. The second-order valence-electron chi connectivity index (χ2n) is 16.4. The molecule has 0 aliphatic rings. The molecule has 9 heteroatoms. The molecule has 0 unspecified atom stereocenters. The summed E-state index contributed by atoms with van der Waals surface area (Å²) in [6.07, 6.45) is -4.64. The van der Waals surface area contributed by atoms with Gasteiger partial charge >= 0.3 is 6.18 Å². The van der Waals surface area contributed by atoms with E-state index < -0.39 is 11.7 Å². The van der Waals surface area contributed by atoms with E-state index in [1.54, 1.807) is 18.2 Å². The highest BCUT2D eigenvalue weighted by Crippen LogP contribution is 2.44. The second kappa shape index (κ2) is 16.1. The van der Waals surface area contributed by atoms with Crippen molar-refractivity contribution in [2.75, 3.05) is 0 Å². The molecule has 0 bridgehead atoms. The molecule has 0 spiro atoms. The lowest BCUT2D eigenvalue weighted by atomic mass is 9.93. The SMILES string of the molecule is N#Cc1ccc(-c2ccc(-c3ccc(C(F)(F)F)cc3C#N)cc2-n2c3ccccc3c3cc(-c4ccccc4C#N)ccc32)c(-n2c3ccccc3c3cc(-c4ccccc4C#N)ccc32)c1. The van der Waals surface area contributed by atoms with Crippen molar-refractivity contribution in [3.05, 3.63) is 216 Å². The largest absolute Gasteiger partial charge is 0.416 e. The fourth-order valence-electron chi connectivity index (χ4n) is 9.66. The van der Waals surface area contributed by atoms with Crippen LogP contribution in [0.2, 0.25) is 0 Å². The summed E-state index contributed by atoms with van der Waals surface area (Å²) in [6.45, 7) is 0. The minimum atomic E-state index is -4.64. The molecule has 0 N–H and O–H groups in total. The van der Waals surface area contributed by atoms with Crippen molar-refractivity contribution in [2.45, 2.75) is 6.18 Å². The van der Waals surface area contributed by atoms with Gasteiger partial charge in [0.2, 0.25) is 0 Å². The number of benzene rings is 9. The molecule has 318 valence electrons. The van der Waals surface area contributed by atoms with E-state index in [0.29, 0.717) is 39.2 Å². The molecule has 0 saturated carbocycles. The maximum atomic E-state index is 14.0. The van der Waals surface area contributed by atoms with Crippen LogP contribution in [0.4, 0.5) is 13.2 Å². The average molecular weight is 881 g/mol. The van der Waals surface area contributed by atoms with Crippen LogP contribution >= 0.6 is 0 Å². The number of para-hydroxylation sites is 2. The van der Waals surface area contributed by atoms with Gasteiger partial charge in [0.25, 0.3) is 0 Å². The first-order valence-corrected chi connectivity index (χ1v) is 21.6. The van der Waals surface area contributed by atoms with Gasteiger partial charge < -0.3 is 9.13 Å². The molecule has 11 aromatic rings. The summed E-state index contributed by atoms with van der Waals surface area (Å²) in [5.41, 5.74) is 11.0. The molecule has 9 aromatic carbocycles. The fraction of sp³-hybridized carbons (Fsp3) is 0.0169. The van der Waals surface area contributed by atoms with E-state index in [-0.39, 0.29) is 5.56 Å². The lowest BCUT2D eigenvalue weighted by Gasteiger charge is -2.20.